The molecular weight excluding hydrogens is 545 g/mol. The van der Waals surface area contributed by atoms with Crippen LogP contribution in [0.25, 0.3) is 0 Å². The van der Waals surface area contributed by atoms with Gasteiger partial charge in [0.1, 0.15) is 24.2 Å². The van der Waals surface area contributed by atoms with Gasteiger partial charge in [0.2, 0.25) is 11.8 Å². The van der Waals surface area contributed by atoms with Crippen LogP contribution in [-0.4, -0.2) is 50.9 Å². The summed E-state index contributed by atoms with van der Waals surface area (Å²) in [6.07, 6.45) is 1.04. The maximum Gasteiger partial charge on any atom is 0.264 e. The third kappa shape index (κ3) is 7.85. The minimum Gasteiger partial charge on any atom is -0.497 e. The standard InChI is InChI=1S/C31H38FN3O5S/c1-6-23(4)33-31(37)29(7-2)34(20-24-11-9-8-10-22(24)3)30(36)21-35(26-14-12-25(32)13-15-26)41(38,39)28-18-16-27(40-5)17-19-28/h8-19,23,29H,6-7,20-21H2,1-5H3,(H,33,37)/t23-,29-/m1/s1. The van der Waals surface area contributed by atoms with Crippen molar-refractivity contribution < 1.29 is 27.1 Å². The molecule has 0 aromatic heterocycles. The first-order valence-corrected chi connectivity index (χ1v) is 15.0. The Morgan fingerprint density at radius 1 is 0.951 bits per heavy atom. The lowest BCUT2D eigenvalue weighted by atomic mass is 10.1. The first-order chi connectivity index (χ1) is 19.5. The molecule has 0 radical (unpaired) electrons. The molecule has 3 aromatic rings. The summed E-state index contributed by atoms with van der Waals surface area (Å²) in [6, 6.07) is 17.3. The summed E-state index contributed by atoms with van der Waals surface area (Å²) in [6.45, 7) is 7.07. The third-order valence-corrected chi connectivity index (χ3v) is 8.82. The van der Waals surface area contributed by atoms with Gasteiger partial charge in [0, 0.05) is 12.6 Å². The van der Waals surface area contributed by atoms with Crippen LogP contribution in [0.4, 0.5) is 10.1 Å². The first-order valence-electron chi connectivity index (χ1n) is 13.6. The summed E-state index contributed by atoms with van der Waals surface area (Å²) in [5.74, 6) is -0.956. The van der Waals surface area contributed by atoms with E-state index in [1.807, 2.05) is 52.0 Å². The molecule has 2 atom stereocenters. The average molecular weight is 584 g/mol. The van der Waals surface area contributed by atoms with Gasteiger partial charge in [-0.05, 0) is 86.3 Å². The number of anilines is 1. The summed E-state index contributed by atoms with van der Waals surface area (Å²) >= 11 is 0. The van der Waals surface area contributed by atoms with Gasteiger partial charge in [-0.3, -0.25) is 13.9 Å². The Hall–Kier alpha value is -3.92. The highest BCUT2D eigenvalue weighted by molar-refractivity contribution is 7.92. The Morgan fingerprint density at radius 2 is 1.59 bits per heavy atom. The van der Waals surface area contributed by atoms with Gasteiger partial charge in [-0.2, -0.15) is 0 Å². The highest BCUT2D eigenvalue weighted by atomic mass is 32.2. The molecule has 2 amide bonds. The number of hydrogen-bond acceptors (Lipinski definition) is 5. The van der Waals surface area contributed by atoms with Gasteiger partial charge in [-0.15, -0.1) is 0 Å². The van der Waals surface area contributed by atoms with Crippen LogP contribution in [0, 0.1) is 12.7 Å². The zero-order valence-corrected chi connectivity index (χ0v) is 24.9. The molecule has 10 heteroatoms. The Balaban J connectivity index is 2.06. The third-order valence-electron chi connectivity index (χ3n) is 7.03. The summed E-state index contributed by atoms with van der Waals surface area (Å²) in [5.41, 5.74) is 1.88. The Bertz CT molecular complexity index is 1430. The maximum absolute atomic E-state index is 14.1. The zero-order chi connectivity index (χ0) is 30.2. The number of benzene rings is 3. The van der Waals surface area contributed by atoms with E-state index in [0.29, 0.717) is 18.6 Å². The van der Waals surface area contributed by atoms with E-state index in [4.69, 9.17) is 4.74 Å². The molecule has 0 unspecified atom stereocenters. The number of carbonyl (C=O) groups is 2. The highest BCUT2D eigenvalue weighted by Crippen LogP contribution is 2.26. The van der Waals surface area contributed by atoms with Crippen LogP contribution in [0.15, 0.2) is 77.7 Å². The van der Waals surface area contributed by atoms with Crippen molar-refractivity contribution in [3.8, 4) is 5.75 Å². The molecule has 0 spiro atoms. The predicted octanol–water partition coefficient (Wildman–Crippen LogP) is 5.06. The number of halogens is 1. The van der Waals surface area contributed by atoms with Crippen molar-refractivity contribution in [3.63, 3.8) is 0 Å². The zero-order valence-electron chi connectivity index (χ0n) is 24.1. The molecule has 0 saturated heterocycles. The van der Waals surface area contributed by atoms with Gasteiger partial charge >= 0.3 is 0 Å². The second-order valence-electron chi connectivity index (χ2n) is 9.85. The molecule has 0 bridgehead atoms. The molecular formula is C31H38FN3O5S. The molecule has 0 aliphatic heterocycles. The van der Waals surface area contributed by atoms with Crippen molar-refractivity contribution >= 4 is 27.5 Å². The lowest BCUT2D eigenvalue weighted by Crippen LogP contribution is -2.53. The quantitative estimate of drug-likeness (QED) is 0.304. The van der Waals surface area contributed by atoms with Crippen LogP contribution in [-0.2, 0) is 26.2 Å². The Morgan fingerprint density at radius 3 is 2.15 bits per heavy atom. The van der Waals surface area contributed by atoms with Crippen LogP contribution < -0.4 is 14.4 Å². The van der Waals surface area contributed by atoms with E-state index in [-0.39, 0.29) is 29.1 Å². The number of methoxy groups -OCH3 is 1. The molecule has 41 heavy (non-hydrogen) atoms. The molecule has 0 heterocycles. The van der Waals surface area contributed by atoms with E-state index in [1.165, 1.54) is 48.4 Å². The number of carbonyl (C=O) groups excluding carboxylic acids is 2. The number of ether oxygens (including phenoxy) is 1. The van der Waals surface area contributed by atoms with Gasteiger partial charge in [-0.1, -0.05) is 38.1 Å². The van der Waals surface area contributed by atoms with Crippen LogP contribution >= 0.6 is 0 Å². The number of rotatable bonds is 13. The molecule has 0 aliphatic rings. The van der Waals surface area contributed by atoms with Crippen molar-refractivity contribution in [2.75, 3.05) is 18.0 Å². The van der Waals surface area contributed by atoms with E-state index in [0.717, 1.165) is 27.6 Å². The minimum absolute atomic E-state index is 0.0672. The predicted molar refractivity (Wildman–Crippen MR) is 158 cm³/mol. The largest absolute Gasteiger partial charge is 0.497 e. The Kier molecular flexibility index (Phi) is 10.9. The van der Waals surface area contributed by atoms with Gasteiger partial charge in [-0.25, -0.2) is 12.8 Å². The molecule has 220 valence electrons. The molecule has 0 fully saturated rings. The molecule has 0 saturated carbocycles. The Labute approximate surface area is 242 Å². The van der Waals surface area contributed by atoms with Crippen LogP contribution in [0.5, 0.6) is 5.75 Å². The average Bonchev–Trinajstić information content (AvgIpc) is 2.97. The molecule has 3 aromatic carbocycles. The van der Waals surface area contributed by atoms with Crippen molar-refractivity contribution in [3.05, 3.63) is 89.7 Å². The lowest BCUT2D eigenvalue weighted by molar-refractivity contribution is -0.140. The fourth-order valence-electron chi connectivity index (χ4n) is 4.34. The van der Waals surface area contributed by atoms with E-state index < -0.39 is 34.3 Å². The number of sulfonamides is 1. The number of nitrogens with one attached hydrogen (secondary N) is 1. The normalized spacial score (nSPS) is 12.7. The molecule has 8 nitrogen and oxygen atoms in total. The molecule has 0 aliphatic carbocycles. The number of aryl methyl sites for hydroxylation is 1. The highest BCUT2D eigenvalue weighted by Gasteiger charge is 2.34. The van der Waals surface area contributed by atoms with E-state index in [1.54, 1.807) is 0 Å². The van der Waals surface area contributed by atoms with Gasteiger partial charge < -0.3 is 15.0 Å². The lowest BCUT2D eigenvalue weighted by Gasteiger charge is -2.34. The first kappa shape index (κ1) is 31.6. The van der Waals surface area contributed by atoms with Crippen molar-refractivity contribution in [1.29, 1.82) is 0 Å². The topological polar surface area (TPSA) is 96.0 Å². The maximum atomic E-state index is 14.1. The summed E-state index contributed by atoms with van der Waals surface area (Å²) in [7, 11) is -2.80. The van der Waals surface area contributed by atoms with Crippen molar-refractivity contribution in [2.24, 2.45) is 0 Å². The summed E-state index contributed by atoms with van der Waals surface area (Å²) in [5, 5.41) is 2.96. The number of nitrogens with zero attached hydrogens (tertiary/aromatic N) is 2. The van der Waals surface area contributed by atoms with Crippen LogP contribution in [0.2, 0.25) is 0 Å². The van der Waals surface area contributed by atoms with E-state index >= 15 is 0 Å². The molecule has 3 rings (SSSR count). The van der Waals surface area contributed by atoms with E-state index in [9.17, 15) is 22.4 Å². The SMILES string of the molecule is CC[C@@H](C)NC(=O)[C@@H](CC)N(Cc1ccccc1C)C(=O)CN(c1ccc(F)cc1)S(=O)(=O)c1ccc(OC)cc1. The number of hydrogen-bond donors (Lipinski definition) is 1. The second kappa shape index (κ2) is 14.1. The molecule has 1 N–H and O–H groups in total. The van der Waals surface area contributed by atoms with E-state index in [2.05, 4.69) is 5.32 Å². The van der Waals surface area contributed by atoms with Gasteiger partial charge in [0.15, 0.2) is 0 Å². The van der Waals surface area contributed by atoms with Gasteiger partial charge in [0.05, 0.1) is 17.7 Å². The summed E-state index contributed by atoms with van der Waals surface area (Å²) in [4.78, 5) is 28.8. The fraction of sp³-hybridized carbons (Fsp3) is 0.355. The van der Waals surface area contributed by atoms with Gasteiger partial charge in [0.25, 0.3) is 10.0 Å². The smallest absolute Gasteiger partial charge is 0.264 e. The fourth-order valence-corrected chi connectivity index (χ4v) is 5.76. The van der Waals surface area contributed by atoms with Crippen molar-refractivity contribution in [1.82, 2.24) is 10.2 Å². The number of amides is 2. The van der Waals surface area contributed by atoms with Crippen molar-refractivity contribution in [2.45, 2.75) is 64.1 Å². The van der Waals surface area contributed by atoms with Crippen LogP contribution in [0.1, 0.15) is 44.7 Å². The summed E-state index contributed by atoms with van der Waals surface area (Å²) < 4.78 is 47.7. The minimum atomic E-state index is -4.27. The van der Waals surface area contributed by atoms with Crippen LogP contribution in [0.3, 0.4) is 0 Å². The monoisotopic (exact) mass is 583 g/mol. The second-order valence-corrected chi connectivity index (χ2v) is 11.7.